The summed E-state index contributed by atoms with van der Waals surface area (Å²) >= 11 is 13.0. The molecule has 0 radical (unpaired) electrons. The van der Waals surface area contributed by atoms with E-state index in [1.807, 2.05) is 0 Å². The van der Waals surface area contributed by atoms with Crippen molar-refractivity contribution < 1.29 is 0 Å². The van der Waals surface area contributed by atoms with Gasteiger partial charge in [-0.15, -0.1) is 22.9 Å². The van der Waals surface area contributed by atoms with Gasteiger partial charge in [-0.2, -0.15) is 0 Å². The molecule has 1 aromatic rings. The first-order valence-corrected chi connectivity index (χ1v) is 5.09. The summed E-state index contributed by atoms with van der Waals surface area (Å²) in [5, 5.41) is 0.903. The Morgan fingerprint density at radius 1 is 1.55 bits per heavy atom. The van der Waals surface area contributed by atoms with Crippen LogP contribution in [0.25, 0.3) is 0 Å². The van der Waals surface area contributed by atoms with Crippen molar-refractivity contribution in [2.45, 2.75) is 25.6 Å². The molecular weight excluding hydrogens is 201 g/mol. The Balaban J connectivity index is 2.97. The normalized spacial score (nSPS) is 11.0. The van der Waals surface area contributed by atoms with Crippen LogP contribution < -0.4 is 0 Å². The number of nitrogens with zero attached hydrogens (tertiary/aromatic N) is 1. The van der Waals surface area contributed by atoms with Crippen LogP contribution in [-0.2, 0) is 5.88 Å². The van der Waals surface area contributed by atoms with E-state index in [1.165, 1.54) is 11.3 Å². The van der Waals surface area contributed by atoms with Crippen LogP contribution >= 0.6 is 34.5 Å². The van der Waals surface area contributed by atoms with Crippen molar-refractivity contribution in [2.24, 2.45) is 0 Å². The van der Waals surface area contributed by atoms with E-state index in [9.17, 15) is 0 Å². The van der Waals surface area contributed by atoms with Crippen LogP contribution in [0.5, 0.6) is 0 Å². The molecule has 0 amide bonds. The highest BCUT2D eigenvalue weighted by Crippen LogP contribution is 2.30. The van der Waals surface area contributed by atoms with Crippen molar-refractivity contribution in [2.75, 3.05) is 0 Å². The van der Waals surface area contributed by atoms with Gasteiger partial charge < -0.3 is 0 Å². The standard InChI is InChI=1S/C7H9Cl2NS/c1-4(2)6-7(9)11-5(3-8)10-6/h4H,3H2,1-2H3. The first-order chi connectivity index (χ1) is 5.15. The van der Waals surface area contributed by atoms with Crippen LogP contribution in [0.3, 0.4) is 0 Å². The molecule has 1 nitrogen and oxygen atoms in total. The molecular formula is C7H9Cl2NS. The molecule has 0 saturated heterocycles. The molecule has 4 heteroatoms. The fraction of sp³-hybridized carbons (Fsp3) is 0.571. The largest absolute Gasteiger partial charge is 0.243 e. The number of hydrogen-bond donors (Lipinski definition) is 0. The van der Waals surface area contributed by atoms with Crippen molar-refractivity contribution in [1.82, 2.24) is 4.98 Å². The van der Waals surface area contributed by atoms with E-state index < -0.39 is 0 Å². The highest BCUT2D eigenvalue weighted by atomic mass is 35.5. The maximum Gasteiger partial charge on any atom is 0.116 e. The molecule has 0 fully saturated rings. The van der Waals surface area contributed by atoms with Gasteiger partial charge in [-0.3, -0.25) is 0 Å². The molecule has 0 saturated carbocycles. The lowest BCUT2D eigenvalue weighted by Gasteiger charge is -1.97. The van der Waals surface area contributed by atoms with E-state index in [1.54, 1.807) is 0 Å². The first kappa shape index (κ1) is 9.30. The van der Waals surface area contributed by atoms with Crippen molar-refractivity contribution in [1.29, 1.82) is 0 Å². The zero-order valence-corrected chi connectivity index (χ0v) is 8.72. The highest BCUT2D eigenvalue weighted by molar-refractivity contribution is 7.16. The van der Waals surface area contributed by atoms with Gasteiger partial charge in [-0.1, -0.05) is 25.4 Å². The van der Waals surface area contributed by atoms with E-state index in [2.05, 4.69) is 18.8 Å². The second-order valence-corrected chi connectivity index (χ2v) is 4.51. The summed E-state index contributed by atoms with van der Waals surface area (Å²) in [7, 11) is 0. The van der Waals surface area contributed by atoms with Gasteiger partial charge in [0.05, 0.1) is 11.6 Å². The number of rotatable bonds is 2. The van der Waals surface area contributed by atoms with Gasteiger partial charge in [0.1, 0.15) is 9.34 Å². The number of thiazole rings is 1. The molecule has 62 valence electrons. The lowest BCUT2D eigenvalue weighted by molar-refractivity contribution is 0.828. The molecule has 0 aliphatic heterocycles. The molecule has 11 heavy (non-hydrogen) atoms. The van der Waals surface area contributed by atoms with Crippen LogP contribution in [0, 0.1) is 0 Å². The second-order valence-electron chi connectivity index (χ2n) is 2.55. The number of halogens is 2. The Bertz CT molecular complexity index is 245. The second kappa shape index (κ2) is 3.74. The number of alkyl halides is 1. The molecule has 0 aliphatic rings. The summed E-state index contributed by atoms with van der Waals surface area (Å²) in [5.74, 6) is 0.840. The van der Waals surface area contributed by atoms with Crippen molar-refractivity contribution in [3.8, 4) is 0 Å². The average molecular weight is 210 g/mol. The first-order valence-electron chi connectivity index (χ1n) is 3.36. The maximum absolute atomic E-state index is 5.92. The van der Waals surface area contributed by atoms with E-state index >= 15 is 0 Å². The summed E-state index contributed by atoms with van der Waals surface area (Å²) in [6.07, 6.45) is 0. The van der Waals surface area contributed by atoms with Gasteiger partial charge in [-0.25, -0.2) is 4.98 Å². The van der Waals surface area contributed by atoms with Crippen molar-refractivity contribution in [3.63, 3.8) is 0 Å². The van der Waals surface area contributed by atoms with E-state index in [4.69, 9.17) is 23.2 Å². The molecule has 0 unspecified atom stereocenters. The van der Waals surface area contributed by atoms with Crippen LogP contribution in [0.1, 0.15) is 30.5 Å². The summed E-state index contributed by atoms with van der Waals surface area (Å²) in [4.78, 5) is 4.28. The zero-order valence-electron chi connectivity index (χ0n) is 6.40. The van der Waals surface area contributed by atoms with Crippen LogP contribution in [-0.4, -0.2) is 4.98 Å². The summed E-state index contributed by atoms with van der Waals surface area (Å²) < 4.78 is 0.774. The van der Waals surface area contributed by atoms with Gasteiger partial charge in [0.25, 0.3) is 0 Å². The van der Waals surface area contributed by atoms with Crippen molar-refractivity contribution >= 4 is 34.5 Å². The predicted molar refractivity (Wildman–Crippen MR) is 50.8 cm³/mol. The van der Waals surface area contributed by atoms with Gasteiger partial charge in [-0.05, 0) is 5.92 Å². The van der Waals surface area contributed by atoms with Gasteiger partial charge in [0.15, 0.2) is 0 Å². The van der Waals surface area contributed by atoms with Gasteiger partial charge in [0.2, 0.25) is 0 Å². The molecule has 0 N–H and O–H groups in total. The molecule has 0 aromatic carbocycles. The fourth-order valence-corrected chi connectivity index (χ4v) is 2.31. The Hall–Kier alpha value is 0.210. The Labute approximate surface area is 80.4 Å². The Morgan fingerprint density at radius 3 is 2.45 bits per heavy atom. The molecule has 0 bridgehead atoms. The monoisotopic (exact) mass is 209 g/mol. The average Bonchev–Trinajstić information content (AvgIpc) is 2.30. The topological polar surface area (TPSA) is 12.9 Å². The van der Waals surface area contributed by atoms with Crippen LogP contribution in [0.4, 0.5) is 0 Å². The molecule has 1 aromatic heterocycles. The zero-order chi connectivity index (χ0) is 8.43. The number of aromatic nitrogens is 1. The Morgan fingerprint density at radius 2 is 2.18 bits per heavy atom. The smallest absolute Gasteiger partial charge is 0.116 e. The van der Waals surface area contributed by atoms with E-state index in [0.717, 1.165) is 15.0 Å². The highest BCUT2D eigenvalue weighted by Gasteiger charge is 2.11. The predicted octanol–water partition coefficient (Wildman–Crippen LogP) is 3.66. The minimum absolute atomic E-state index is 0.385. The quantitative estimate of drug-likeness (QED) is 0.679. The molecule has 0 aliphatic carbocycles. The van der Waals surface area contributed by atoms with Gasteiger partial charge in [0, 0.05) is 0 Å². The van der Waals surface area contributed by atoms with E-state index in [0.29, 0.717) is 11.8 Å². The number of hydrogen-bond acceptors (Lipinski definition) is 2. The van der Waals surface area contributed by atoms with E-state index in [-0.39, 0.29) is 0 Å². The maximum atomic E-state index is 5.92. The van der Waals surface area contributed by atoms with Gasteiger partial charge >= 0.3 is 0 Å². The van der Waals surface area contributed by atoms with Crippen molar-refractivity contribution in [3.05, 3.63) is 15.0 Å². The SMILES string of the molecule is CC(C)c1nc(CCl)sc1Cl. The molecule has 1 heterocycles. The minimum Gasteiger partial charge on any atom is -0.243 e. The van der Waals surface area contributed by atoms with Crippen LogP contribution in [0.2, 0.25) is 4.34 Å². The minimum atomic E-state index is 0.385. The summed E-state index contributed by atoms with van der Waals surface area (Å²) in [6, 6.07) is 0. The van der Waals surface area contributed by atoms with Crippen LogP contribution in [0.15, 0.2) is 0 Å². The molecule has 0 spiro atoms. The molecule has 1 rings (SSSR count). The molecule has 0 atom stereocenters. The summed E-state index contributed by atoms with van der Waals surface area (Å²) in [5.41, 5.74) is 0.965. The Kier molecular flexibility index (Phi) is 3.16. The summed E-state index contributed by atoms with van der Waals surface area (Å²) in [6.45, 7) is 4.14. The third-order valence-corrected chi connectivity index (χ3v) is 3.01. The third kappa shape index (κ3) is 2.08. The lowest BCUT2D eigenvalue weighted by Crippen LogP contribution is -1.88. The fourth-order valence-electron chi connectivity index (χ4n) is 0.770. The third-order valence-electron chi connectivity index (χ3n) is 1.32. The lowest BCUT2D eigenvalue weighted by atomic mass is 10.2.